The molecule has 8 nitrogen and oxygen atoms in total. The molecule has 0 aromatic heterocycles. The number of hydroxylamine groups is 1. The Hall–Kier alpha value is -3.52. The number of ether oxygens (including phenoxy) is 1. The van der Waals surface area contributed by atoms with E-state index in [1.54, 1.807) is 24.3 Å². The Balaban J connectivity index is 1.67. The molecule has 0 saturated carbocycles. The molecular formula is C19H14N2O6. The highest BCUT2D eigenvalue weighted by Gasteiger charge is 2.52. The van der Waals surface area contributed by atoms with Crippen LogP contribution >= 0.6 is 0 Å². The van der Waals surface area contributed by atoms with Gasteiger partial charge in [0.05, 0.1) is 10.6 Å². The van der Waals surface area contributed by atoms with Crippen molar-refractivity contribution in [2.24, 2.45) is 0 Å². The number of anilines is 1. The van der Waals surface area contributed by atoms with Crippen LogP contribution in [0.25, 0.3) is 0 Å². The maximum absolute atomic E-state index is 13.1. The largest absolute Gasteiger partial charge is 0.424 e. The molecule has 0 N–H and O–H groups in total. The van der Waals surface area contributed by atoms with Crippen LogP contribution in [0.1, 0.15) is 16.8 Å². The van der Waals surface area contributed by atoms with Crippen molar-refractivity contribution in [1.82, 2.24) is 0 Å². The molecule has 136 valence electrons. The van der Waals surface area contributed by atoms with E-state index in [4.69, 9.17) is 9.57 Å². The number of hydrogen-bond donors (Lipinski definition) is 0. The van der Waals surface area contributed by atoms with Gasteiger partial charge in [0.1, 0.15) is 6.04 Å². The lowest BCUT2D eigenvalue weighted by atomic mass is 9.98. The molecule has 8 heteroatoms. The summed E-state index contributed by atoms with van der Waals surface area (Å²) in [7, 11) is 0. The number of carbonyl (C=O) groups excluding carboxylic acids is 2. The number of para-hydroxylation sites is 1. The molecule has 2 aliphatic heterocycles. The molecule has 4 rings (SSSR count). The second-order valence-electron chi connectivity index (χ2n) is 6.21. The smallest absolute Gasteiger partial charge is 0.333 e. The minimum atomic E-state index is -1.33. The Morgan fingerprint density at radius 1 is 1.15 bits per heavy atom. The van der Waals surface area contributed by atoms with Crippen LogP contribution in [0.2, 0.25) is 0 Å². The number of rotatable bonds is 4. The lowest BCUT2D eigenvalue weighted by Gasteiger charge is -2.24. The highest BCUT2D eigenvalue weighted by molar-refractivity contribution is 6.02. The Bertz CT molecular complexity index is 940. The van der Waals surface area contributed by atoms with Crippen LogP contribution in [0.15, 0.2) is 66.7 Å². The number of esters is 1. The summed E-state index contributed by atoms with van der Waals surface area (Å²) >= 11 is 0. The zero-order valence-electron chi connectivity index (χ0n) is 14.0. The van der Waals surface area contributed by atoms with Gasteiger partial charge in [0.15, 0.2) is 5.78 Å². The number of carbonyl (C=O) groups is 2. The minimum absolute atomic E-state index is 0.0988. The number of nitrogens with zero attached hydrogens (tertiary/aromatic N) is 2. The minimum Gasteiger partial charge on any atom is -0.424 e. The molecule has 2 heterocycles. The number of non-ortho nitro benzene ring substituents is 1. The molecule has 0 radical (unpaired) electrons. The Kier molecular flexibility index (Phi) is 3.97. The summed E-state index contributed by atoms with van der Waals surface area (Å²) in [5.41, 5.74) is 0.838. The molecule has 27 heavy (non-hydrogen) atoms. The molecule has 2 aliphatic rings. The molecule has 0 amide bonds. The predicted molar refractivity (Wildman–Crippen MR) is 93.8 cm³/mol. The van der Waals surface area contributed by atoms with Gasteiger partial charge < -0.3 is 4.74 Å². The Morgan fingerprint density at radius 3 is 2.44 bits per heavy atom. The maximum atomic E-state index is 13.1. The van der Waals surface area contributed by atoms with E-state index >= 15 is 0 Å². The topological polar surface area (TPSA) is 99.0 Å². The van der Waals surface area contributed by atoms with E-state index < -0.39 is 22.7 Å². The van der Waals surface area contributed by atoms with Gasteiger partial charge >= 0.3 is 5.97 Å². The van der Waals surface area contributed by atoms with E-state index in [1.807, 2.05) is 6.07 Å². The quantitative estimate of drug-likeness (QED) is 0.355. The van der Waals surface area contributed by atoms with Crippen molar-refractivity contribution in [3.63, 3.8) is 0 Å². The molecule has 1 spiro atoms. The van der Waals surface area contributed by atoms with Crippen LogP contribution in [-0.4, -0.2) is 28.5 Å². The lowest BCUT2D eigenvalue weighted by molar-refractivity contribution is -0.384. The third-order valence-corrected chi connectivity index (χ3v) is 4.44. The summed E-state index contributed by atoms with van der Waals surface area (Å²) in [5.74, 6) is -2.15. The lowest BCUT2D eigenvalue weighted by Crippen LogP contribution is -2.35. The SMILES string of the molecule is O=C1C=C[C@]2(C[C@H](C(=O)c3ccc([N+](=O)[O-])cc3)N(c3ccccc3)O2)O1. The van der Waals surface area contributed by atoms with Gasteiger partial charge in [-0.3, -0.25) is 14.9 Å². The average Bonchev–Trinajstić information content (AvgIpc) is 3.24. The van der Waals surface area contributed by atoms with Gasteiger partial charge in [-0.1, -0.05) is 18.2 Å². The molecule has 1 fully saturated rings. The van der Waals surface area contributed by atoms with Crippen LogP contribution in [0.5, 0.6) is 0 Å². The van der Waals surface area contributed by atoms with E-state index in [0.29, 0.717) is 11.3 Å². The maximum Gasteiger partial charge on any atom is 0.333 e. The van der Waals surface area contributed by atoms with Crippen LogP contribution in [0.4, 0.5) is 11.4 Å². The molecule has 1 saturated heterocycles. The first-order valence-corrected chi connectivity index (χ1v) is 8.22. The van der Waals surface area contributed by atoms with E-state index in [0.717, 1.165) is 0 Å². The summed E-state index contributed by atoms with van der Waals surface area (Å²) in [5, 5.41) is 12.2. The van der Waals surface area contributed by atoms with Gasteiger partial charge in [-0.15, -0.1) is 0 Å². The van der Waals surface area contributed by atoms with Crippen LogP contribution in [0.3, 0.4) is 0 Å². The average molecular weight is 366 g/mol. The van der Waals surface area contributed by atoms with E-state index in [2.05, 4.69) is 0 Å². The number of nitro benzene ring substituents is 1. The zero-order valence-corrected chi connectivity index (χ0v) is 14.0. The fourth-order valence-corrected chi connectivity index (χ4v) is 3.16. The highest BCUT2D eigenvalue weighted by atomic mass is 16.8. The molecular weight excluding hydrogens is 352 g/mol. The highest BCUT2D eigenvalue weighted by Crippen LogP contribution is 2.40. The summed E-state index contributed by atoms with van der Waals surface area (Å²) in [6, 6.07) is 13.6. The molecule has 2 atom stereocenters. The van der Waals surface area contributed by atoms with Gasteiger partial charge in [0.25, 0.3) is 11.5 Å². The third-order valence-electron chi connectivity index (χ3n) is 4.44. The van der Waals surface area contributed by atoms with Crippen molar-refractivity contribution in [3.8, 4) is 0 Å². The summed E-state index contributed by atoms with van der Waals surface area (Å²) in [6.07, 6.45) is 2.87. The van der Waals surface area contributed by atoms with Crippen molar-refractivity contribution in [1.29, 1.82) is 0 Å². The number of hydrogen-bond acceptors (Lipinski definition) is 7. The number of benzene rings is 2. The second-order valence-corrected chi connectivity index (χ2v) is 6.21. The second kappa shape index (κ2) is 6.33. The van der Waals surface area contributed by atoms with E-state index in [9.17, 15) is 19.7 Å². The number of ketones is 1. The van der Waals surface area contributed by atoms with Crippen molar-refractivity contribution < 1.29 is 24.1 Å². The molecule has 0 unspecified atom stereocenters. The van der Waals surface area contributed by atoms with Gasteiger partial charge in [-0.05, 0) is 30.3 Å². The first-order valence-electron chi connectivity index (χ1n) is 8.22. The van der Waals surface area contributed by atoms with E-state index in [1.165, 1.54) is 41.5 Å². The molecule has 2 aromatic carbocycles. The number of Topliss-reactive ketones (excluding diaryl/α,β-unsaturated/α-hetero) is 1. The summed E-state index contributed by atoms with van der Waals surface area (Å²) in [4.78, 5) is 40.8. The number of nitro groups is 1. The fourth-order valence-electron chi connectivity index (χ4n) is 3.16. The molecule has 2 aromatic rings. The summed E-state index contributed by atoms with van der Waals surface area (Å²) < 4.78 is 5.27. The Morgan fingerprint density at radius 2 is 1.85 bits per heavy atom. The van der Waals surface area contributed by atoms with E-state index in [-0.39, 0.29) is 17.9 Å². The van der Waals surface area contributed by atoms with Crippen LogP contribution < -0.4 is 5.06 Å². The molecule has 0 bridgehead atoms. The van der Waals surface area contributed by atoms with Crippen LogP contribution in [-0.2, 0) is 14.4 Å². The van der Waals surface area contributed by atoms with Gasteiger partial charge in [0.2, 0.25) is 0 Å². The monoisotopic (exact) mass is 366 g/mol. The summed E-state index contributed by atoms with van der Waals surface area (Å²) in [6.45, 7) is 0. The van der Waals surface area contributed by atoms with Crippen molar-refractivity contribution in [3.05, 3.63) is 82.4 Å². The fraction of sp³-hybridized carbons (Fsp3) is 0.158. The first-order chi connectivity index (χ1) is 13.0. The Labute approximate surface area is 153 Å². The van der Waals surface area contributed by atoms with Crippen molar-refractivity contribution in [2.75, 3.05) is 5.06 Å². The standard InChI is InChI=1S/C19H14N2O6/c22-17-10-11-19(26-17)12-16(20(27-19)14-4-2-1-3-5-14)18(23)13-6-8-15(9-7-13)21(24)25/h1-11,16H,12H2/t16-,19+/m1/s1. The van der Waals surface area contributed by atoms with Gasteiger partial charge in [0, 0.05) is 30.2 Å². The van der Waals surface area contributed by atoms with Gasteiger partial charge in [-0.2, -0.15) is 0 Å². The molecule has 0 aliphatic carbocycles. The predicted octanol–water partition coefficient (Wildman–Crippen LogP) is 2.80. The van der Waals surface area contributed by atoms with Gasteiger partial charge in [-0.25, -0.2) is 14.7 Å². The normalized spacial score (nSPS) is 23.6. The van der Waals surface area contributed by atoms with Crippen molar-refractivity contribution >= 4 is 23.1 Å². The van der Waals surface area contributed by atoms with Crippen molar-refractivity contribution in [2.45, 2.75) is 18.2 Å². The van der Waals surface area contributed by atoms with Crippen LogP contribution in [0, 0.1) is 10.1 Å². The zero-order chi connectivity index (χ0) is 19.0. The first kappa shape index (κ1) is 16.9. The third kappa shape index (κ3) is 3.06.